The molecule has 1 unspecified atom stereocenters. The van der Waals surface area contributed by atoms with Crippen molar-refractivity contribution in [2.75, 3.05) is 26.2 Å². The molecular formula is C18H31N5O. The number of hydrogen-bond donors (Lipinski definition) is 0. The van der Waals surface area contributed by atoms with E-state index in [2.05, 4.69) is 19.9 Å². The third-order valence-electron chi connectivity index (χ3n) is 5.57. The van der Waals surface area contributed by atoms with E-state index in [1.165, 1.54) is 51.5 Å². The largest absolute Gasteiger partial charge is 0.336 e. The molecule has 2 fully saturated rings. The van der Waals surface area contributed by atoms with E-state index >= 15 is 0 Å². The highest BCUT2D eigenvalue weighted by Gasteiger charge is 2.39. The molecule has 0 saturated carbocycles. The van der Waals surface area contributed by atoms with Gasteiger partial charge in [0.25, 0.3) is 0 Å². The third-order valence-corrected chi connectivity index (χ3v) is 5.57. The summed E-state index contributed by atoms with van der Waals surface area (Å²) in [5.74, 6) is 0.174. The molecule has 6 nitrogen and oxygen atoms in total. The minimum atomic E-state index is -0.676. The SMILES string of the molecule is CC(C)(C(=O)N1CCCCC1CN1CCCCCC1)n1cncn1. The first-order valence-electron chi connectivity index (χ1n) is 9.47. The Bertz CT molecular complexity index is 520. The number of aromatic nitrogens is 3. The molecule has 0 aliphatic carbocycles. The van der Waals surface area contributed by atoms with E-state index in [9.17, 15) is 4.79 Å². The fourth-order valence-electron chi connectivity index (χ4n) is 4.02. The van der Waals surface area contributed by atoms with Crippen molar-refractivity contribution in [3.8, 4) is 0 Å². The average molecular weight is 333 g/mol. The van der Waals surface area contributed by atoms with Gasteiger partial charge in [-0.3, -0.25) is 4.79 Å². The summed E-state index contributed by atoms with van der Waals surface area (Å²) in [5, 5.41) is 4.20. The van der Waals surface area contributed by atoms with Gasteiger partial charge in [0.05, 0.1) is 0 Å². The average Bonchev–Trinajstić information content (AvgIpc) is 3.02. The zero-order valence-corrected chi connectivity index (χ0v) is 15.2. The lowest BCUT2D eigenvalue weighted by Crippen LogP contribution is -2.55. The second-order valence-corrected chi connectivity index (χ2v) is 7.76. The molecule has 2 aliphatic heterocycles. The van der Waals surface area contributed by atoms with Crippen molar-refractivity contribution in [1.82, 2.24) is 24.6 Å². The molecule has 1 aromatic heterocycles. The Morgan fingerprint density at radius 1 is 1.08 bits per heavy atom. The fraction of sp³-hybridized carbons (Fsp3) is 0.833. The van der Waals surface area contributed by atoms with E-state index < -0.39 is 5.54 Å². The molecule has 24 heavy (non-hydrogen) atoms. The molecule has 0 radical (unpaired) electrons. The van der Waals surface area contributed by atoms with Crippen LogP contribution in [0.3, 0.4) is 0 Å². The van der Waals surface area contributed by atoms with E-state index in [1.54, 1.807) is 11.0 Å². The van der Waals surface area contributed by atoms with Crippen LogP contribution < -0.4 is 0 Å². The molecule has 2 saturated heterocycles. The molecule has 0 bridgehead atoms. The van der Waals surface area contributed by atoms with Crippen LogP contribution in [0, 0.1) is 0 Å². The molecule has 1 aromatic rings. The lowest BCUT2D eigenvalue weighted by Gasteiger charge is -2.42. The van der Waals surface area contributed by atoms with Crippen LogP contribution in [0.4, 0.5) is 0 Å². The van der Waals surface area contributed by atoms with E-state index in [0.717, 1.165) is 25.9 Å². The van der Waals surface area contributed by atoms with Gasteiger partial charge in [0.15, 0.2) is 0 Å². The van der Waals surface area contributed by atoms with Gasteiger partial charge in [-0.15, -0.1) is 0 Å². The Morgan fingerprint density at radius 3 is 2.46 bits per heavy atom. The highest BCUT2D eigenvalue weighted by molar-refractivity contribution is 5.84. The summed E-state index contributed by atoms with van der Waals surface area (Å²) in [6.07, 6.45) is 11.9. The highest BCUT2D eigenvalue weighted by Crippen LogP contribution is 2.25. The van der Waals surface area contributed by atoms with Crippen molar-refractivity contribution in [1.29, 1.82) is 0 Å². The summed E-state index contributed by atoms with van der Waals surface area (Å²) in [6.45, 7) is 8.16. The predicted octanol–water partition coefficient (Wildman–Crippen LogP) is 2.27. The van der Waals surface area contributed by atoms with Gasteiger partial charge in [-0.1, -0.05) is 12.8 Å². The third kappa shape index (κ3) is 3.79. The Hall–Kier alpha value is -1.43. The van der Waals surface area contributed by atoms with Crippen LogP contribution >= 0.6 is 0 Å². The molecule has 1 atom stereocenters. The van der Waals surface area contributed by atoms with Gasteiger partial charge < -0.3 is 9.80 Å². The van der Waals surface area contributed by atoms with Crippen molar-refractivity contribution in [2.24, 2.45) is 0 Å². The van der Waals surface area contributed by atoms with Crippen molar-refractivity contribution in [2.45, 2.75) is 70.4 Å². The van der Waals surface area contributed by atoms with E-state index in [1.807, 2.05) is 13.8 Å². The Balaban J connectivity index is 1.70. The van der Waals surface area contributed by atoms with Gasteiger partial charge in [-0.2, -0.15) is 5.10 Å². The Labute approximate surface area is 145 Å². The second-order valence-electron chi connectivity index (χ2n) is 7.76. The van der Waals surface area contributed by atoms with Crippen LogP contribution in [0.15, 0.2) is 12.7 Å². The number of piperidine rings is 1. The number of amides is 1. The summed E-state index contributed by atoms with van der Waals surface area (Å²) in [5.41, 5.74) is -0.676. The fourth-order valence-corrected chi connectivity index (χ4v) is 4.02. The molecule has 6 heteroatoms. The van der Waals surface area contributed by atoms with Crippen LogP contribution in [0.2, 0.25) is 0 Å². The smallest absolute Gasteiger partial charge is 0.250 e. The Morgan fingerprint density at radius 2 is 1.79 bits per heavy atom. The normalized spacial score (nSPS) is 23.9. The van der Waals surface area contributed by atoms with Gasteiger partial charge in [0.2, 0.25) is 5.91 Å². The van der Waals surface area contributed by atoms with Gasteiger partial charge in [-0.05, 0) is 59.0 Å². The van der Waals surface area contributed by atoms with Gasteiger partial charge in [0.1, 0.15) is 18.2 Å². The minimum absolute atomic E-state index is 0.174. The molecule has 0 aromatic carbocycles. The molecule has 1 amide bonds. The van der Waals surface area contributed by atoms with Crippen molar-refractivity contribution in [3.63, 3.8) is 0 Å². The number of carbonyl (C=O) groups is 1. The summed E-state index contributed by atoms with van der Waals surface area (Å²) in [7, 11) is 0. The zero-order chi connectivity index (χ0) is 17.0. The maximum atomic E-state index is 13.3. The molecule has 134 valence electrons. The van der Waals surface area contributed by atoms with Crippen molar-refractivity contribution >= 4 is 5.91 Å². The first-order valence-corrected chi connectivity index (χ1v) is 9.47. The highest BCUT2D eigenvalue weighted by atomic mass is 16.2. The summed E-state index contributed by atoms with van der Waals surface area (Å²) < 4.78 is 1.69. The topological polar surface area (TPSA) is 54.3 Å². The second kappa shape index (κ2) is 7.64. The number of nitrogens with zero attached hydrogens (tertiary/aromatic N) is 5. The van der Waals surface area contributed by atoms with E-state index in [-0.39, 0.29) is 5.91 Å². The molecule has 3 rings (SSSR count). The van der Waals surface area contributed by atoms with Crippen LogP contribution in [0.1, 0.15) is 58.8 Å². The van der Waals surface area contributed by atoms with Crippen LogP contribution in [-0.2, 0) is 10.3 Å². The maximum absolute atomic E-state index is 13.3. The van der Waals surface area contributed by atoms with Crippen LogP contribution in [-0.4, -0.2) is 62.7 Å². The van der Waals surface area contributed by atoms with E-state index in [4.69, 9.17) is 0 Å². The first kappa shape index (κ1) is 17.4. The summed E-state index contributed by atoms with van der Waals surface area (Å²) in [6, 6.07) is 0.340. The Kier molecular flexibility index (Phi) is 5.54. The van der Waals surface area contributed by atoms with Crippen molar-refractivity contribution in [3.05, 3.63) is 12.7 Å². The van der Waals surface area contributed by atoms with Crippen LogP contribution in [0.5, 0.6) is 0 Å². The van der Waals surface area contributed by atoms with Gasteiger partial charge >= 0.3 is 0 Å². The standard InChI is InChI=1S/C18H31N5O/c1-18(2,23-15-19-14-20-23)17(24)22-12-8-5-9-16(22)13-21-10-6-3-4-7-11-21/h14-16H,3-13H2,1-2H3. The quantitative estimate of drug-likeness (QED) is 0.848. The van der Waals surface area contributed by atoms with Crippen LogP contribution in [0.25, 0.3) is 0 Å². The first-order chi connectivity index (χ1) is 11.6. The molecule has 0 N–H and O–H groups in total. The van der Waals surface area contributed by atoms with Crippen molar-refractivity contribution < 1.29 is 4.79 Å². The van der Waals surface area contributed by atoms with Gasteiger partial charge in [-0.25, -0.2) is 9.67 Å². The number of rotatable bonds is 4. The van der Waals surface area contributed by atoms with E-state index in [0.29, 0.717) is 6.04 Å². The maximum Gasteiger partial charge on any atom is 0.250 e. The lowest BCUT2D eigenvalue weighted by atomic mass is 9.96. The zero-order valence-electron chi connectivity index (χ0n) is 15.2. The van der Waals surface area contributed by atoms with Gasteiger partial charge in [0, 0.05) is 19.1 Å². The monoisotopic (exact) mass is 333 g/mol. The number of carbonyl (C=O) groups excluding carboxylic acids is 1. The summed E-state index contributed by atoms with van der Waals surface area (Å²) >= 11 is 0. The molecule has 3 heterocycles. The number of hydrogen-bond acceptors (Lipinski definition) is 4. The minimum Gasteiger partial charge on any atom is -0.336 e. The molecule has 2 aliphatic rings. The lowest BCUT2D eigenvalue weighted by molar-refractivity contribution is -0.144. The predicted molar refractivity (Wildman–Crippen MR) is 93.6 cm³/mol. The molecular weight excluding hydrogens is 302 g/mol. The summed E-state index contributed by atoms with van der Waals surface area (Å²) in [4.78, 5) is 22.0. The number of likely N-dealkylation sites (tertiary alicyclic amines) is 2. The molecule has 0 spiro atoms.